The molecule has 1 N–H and O–H groups in total. The molecule has 0 saturated carbocycles. The Balaban J connectivity index is 1.59. The molecule has 0 aliphatic carbocycles. The number of rotatable bonds is 5. The van der Waals surface area contributed by atoms with E-state index < -0.39 is 15.9 Å². The molecule has 31 heavy (non-hydrogen) atoms. The van der Waals surface area contributed by atoms with Gasteiger partial charge in [0, 0.05) is 17.2 Å². The van der Waals surface area contributed by atoms with E-state index >= 15 is 0 Å². The lowest BCUT2D eigenvalue weighted by Crippen LogP contribution is -2.30. The molecular weight excluding hydrogens is 478 g/mol. The van der Waals surface area contributed by atoms with Crippen molar-refractivity contribution in [2.24, 2.45) is 0 Å². The minimum absolute atomic E-state index is 0.0230. The van der Waals surface area contributed by atoms with Gasteiger partial charge in [-0.1, -0.05) is 54.1 Å². The summed E-state index contributed by atoms with van der Waals surface area (Å²) in [5.41, 5.74) is 2.25. The van der Waals surface area contributed by atoms with Gasteiger partial charge in [-0.2, -0.15) is 0 Å². The minimum atomic E-state index is -3.96. The second-order valence-electron chi connectivity index (χ2n) is 7.31. The van der Waals surface area contributed by atoms with E-state index in [4.69, 9.17) is 0 Å². The Bertz CT molecular complexity index is 1400. The molecule has 3 aromatic carbocycles. The normalized spacial score (nSPS) is 11.6. The van der Waals surface area contributed by atoms with Crippen molar-refractivity contribution >= 4 is 42.6 Å². The summed E-state index contributed by atoms with van der Waals surface area (Å²) < 4.78 is 29.7. The lowest BCUT2D eigenvalue weighted by atomic mass is 10.0. The summed E-state index contributed by atoms with van der Waals surface area (Å²) in [5.74, 6) is -0.155. The fraction of sp³-hybridized carbons (Fsp3) is 0.130. The smallest absolute Gasteiger partial charge is 0.285 e. The first-order chi connectivity index (χ1) is 14.7. The Morgan fingerprint density at radius 1 is 1.06 bits per heavy atom. The molecule has 158 valence electrons. The summed E-state index contributed by atoms with van der Waals surface area (Å²) in [4.78, 5) is 16.8. The molecule has 0 radical (unpaired) electrons. The van der Waals surface area contributed by atoms with Gasteiger partial charge in [-0.15, -0.1) is 0 Å². The number of sulfonamides is 1. The Hall–Kier alpha value is -2.97. The van der Waals surface area contributed by atoms with Crippen molar-refractivity contribution in [3.63, 3.8) is 0 Å². The van der Waals surface area contributed by atoms with Gasteiger partial charge in [-0.3, -0.25) is 4.79 Å². The second kappa shape index (κ2) is 8.28. The van der Waals surface area contributed by atoms with E-state index in [0.29, 0.717) is 12.4 Å². The quantitative estimate of drug-likeness (QED) is 0.437. The van der Waals surface area contributed by atoms with Gasteiger partial charge in [0.25, 0.3) is 15.9 Å². The van der Waals surface area contributed by atoms with Crippen LogP contribution in [-0.4, -0.2) is 23.9 Å². The average Bonchev–Trinajstić information content (AvgIpc) is 3.11. The molecule has 0 aliphatic heterocycles. The third-order valence-corrected chi connectivity index (χ3v) is 7.30. The summed E-state index contributed by atoms with van der Waals surface area (Å²) in [6.07, 6.45) is 1.57. The predicted molar refractivity (Wildman–Crippen MR) is 124 cm³/mol. The maximum Gasteiger partial charge on any atom is 0.285 e. The molecule has 8 heteroatoms. The number of carbonyl (C=O) groups is 1. The van der Waals surface area contributed by atoms with Gasteiger partial charge in [-0.05, 0) is 58.2 Å². The topological polar surface area (TPSA) is 81.1 Å². The lowest BCUT2D eigenvalue weighted by Gasteiger charge is -2.10. The van der Waals surface area contributed by atoms with E-state index in [1.165, 1.54) is 17.7 Å². The number of aryl methyl sites for hydroxylation is 2. The van der Waals surface area contributed by atoms with Crippen LogP contribution in [0.2, 0.25) is 0 Å². The van der Waals surface area contributed by atoms with Crippen LogP contribution in [0, 0.1) is 13.8 Å². The number of nitrogens with zero attached hydrogens (tertiary/aromatic N) is 2. The number of hydrogen-bond acceptors (Lipinski definition) is 4. The van der Waals surface area contributed by atoms with Crippen molar-refractivity contribution in [3.8, 4) is 0 Å². The molecule has 1 amide bonds. The summed E-state index contributed by atoms with van der Waals surface area (Å²) in [6, 6.07) is 18.1. The molecule has 0 saturated heterocycles. The number of carbonyl (C=O) groups excluding carboxylic acids is 1. The number of nitrogens with one attached hydrogen (secondary N) is 1. The lowest BCUT2D eigenvalue weighted by molar-refractivity contribution is 0.0977. The highest BCUT2D eigenvalue weighted by atomic mass is 79.9. The average molecular weight is 498 g/mol. The largest absolute Gasteiger partial charge is 0.330 e. The van der Waals surface area contributed by atoms with Gasteiger partial charge >= 0.3 is 0 Å². The monoisotopic (exact) mass is 497 g/mol. The van der Waals surface area contributed by atoms with Crippen LogP contribution in [0.3, 0.4) is 0 Å². The molecular formula is C23H20BrN3O3S. The highest BCUT2D eigenvalue weighted by molar-refractivity contribution is 9.10. The number of fused-ring (bicyclic) bond motifs is 1. The molecule has 0 bridgehead atoms. The fourth-order valence-electron chi connectivity index (χ4n) is 3.36. The predicted octanol–water partition coefficient (Wildman–Crippen LogP) is 4.58. The maximum atomic E-state index is 12.6. The zero-order valence-electron chi connectivity index (χ0n) is 17.0. The summed E-state index contributed by atoms with van der Waals surface area (Å²) in [5, 5.41) is 2.25. The van der Waals surface area contributed by atoms with Gasteiger partial charge in [0.15, 0.2) is 0 Å². The van der Waals surface area contributed by atoms with Crippen molar-refractivity contribution < 1.29 is 13.2 Å². The van der Waals surface area contributed by atoms with E-state index in [9.17, 15) is 13.2 Å². The Morgan fingerprint density at radius 2 is 1.77 bits per heavy atom. The van der Waals surface area contributed by atoms with E-state index in [1.54, 1.807) is 31.3 Å². The van der Waals surface area contributed by atoms with Gasteiger partial charge < -0.3 is 4.57 Å². The van der Waals surface area contributed by atoms with Gasteiger partial charge in [0.1, 0.15) is 11.5 Å². The van der Waals surface area contributed by atoms with Crippen LogP contribution in [0.4, 0.5) is 0 Å². The van der Waals surface area contributed by atoms with Gasteiger partial charge in [-0.25, -0.2) is 18.1 Å². The first-order valence-electron chi connectivity index (χ1n) is 9.58. The summed E-state index contributed by atoms with van der Waals surface area (Å²) in [7, 11) is -3.96. The number of hydrogen-bond donors (Lipinski definition) is 1. The molecule has 0 fully saturated rings. The van der Waals surface area contributed by atoms with E-state index in [2.05, 4.69) is 49.9 Å². The number of imidazole rings is 1. The molecule has 4 rings (SSSR count). The number of amides is 1. The van der Waals surface area contributed by atoms with E-state index in [1.807, 2.05) is 17.6 Å². The maximum absolute atomic E-state index is 12.6. The van der Waals surface area contributed by atoms with E-state index in [-0.39, 0.29) is 10.6 Å². The van der Waals surface area contributed by atoms with E-state index in [0.717, 1.165) is 20.8 Å². The third-order valence-electron chi connectivity index (χ3n) is 5.02. The number of halogens is 1. The molecule has 1 heterocycles. The molecule has 0 aliphatic rings. The minimum Gasteiger partial charge on any atom is -0.330 e. The van der Waals surface area contributed by atoms with Crippen molar-refractivity contribution in [1.82, 2.24) is 14.3 Å². The van der Waals surface area contributed by atoms with Crippen LogP contribution in [0.5, 0.6) is 0 Å². The third kappa shape index (κ3) is 4.40. The zero-order valence-corrected chi connectivity index (χ0v) is 19.4. The van der Waals surface area contributed by atoms with Crippen LogP contribution in [0.25, 0.3) is 10.8 Å². The van der Waals surface area contributed by atoms with Gasteiger partial charge in [0.2, 0.25) is 0 Å². The highest BCUT2D eigenvalue weighted by Gasteiger charge is 2.21. The first-order valence-corrected chi connectivity index (χ1v) is 11.9. The summed E-state index contributed by atoms with van der Waals surface area (Å²) in [6.45, 7) is 4.32. The molecule has 6 nitrogen and oxygen atoms in total. The summed E-state index contributed by atoms with van der Waals surface area (Å²) >= 11 is 3.71. The van der Waals surface area contributed by atoms with Crippen LogP contribution < -0.4 is 4.72 Å². The Kier molecular flexibility index (Phi) is 5.68. The number of benzene rings is 3. The van der Waals surface area contributed by atoms with Crippen molar-refractivity contribution in [2.75, 3.05) is 0 Å². The number of aromatic nitrogens is 2. The molecule has 0 atom stereocenters. The Morgan fingerprint density at radius 3 is 2.52 bits per heavy atom. The molecule has 1 aromatic heterocycles. The van der Waals surface area contributed by atoms with Crippen LogP contribution >= 0.6 is 15.9 Å². The fourth-order valence-corrected chi connectivity index (χ4v) is 4.94. The molecule has 0 unspecified atom stereocenters. The van der Waals surface area contributed by atoms with Crippen LogP contribution in [0.1, 0.15) is 27.4 Å². The first kappa shape index (κ1) is 21.3. The zero-order chi connectivity index (χ0) is 22.2. The van der Waals surface area contributed by atoms with Crippen molar-refractivity contribution in [3.05, 3.63) is 94.0 Å². The van der Waals surface area contributed by atoms with Gasteiger partial charge in [0.05, 0.1) is 4.90 Å². The molecule has 0 spiro atoms. The second-order valence-corrected chi connectivity index (χ2v) is 9.79. The standard InChI is InChI=1S/C23H20BrN3O3S/c1-15-8-9-17-10-11-18(22(24)20(17)12-15)13-27-14-21(25-16(27)2)23(28)26-31(29,30)19-6-4-3-5-7-19/h3-12,14H,13H2,1-2H3,(H,26,28). The van der Waals surface area contributed by atoms with Crippen molar-refractivity contribution in [2.45, 2.75) is 25.3 Å². The van der Waals surface area contributed by atoms with Crippen LogP contribution in [0.15, 0.2) is 76.2 Å². The Labute approximate surface area is 189 Å². The van der Waals surface area contributed by atoms with Crippen LogP contribution in [-0.2, 0) is 16.6 Å². The SMILES string of the molecule is Cc1ccc2ccc(Cn3cc(C(=O)NS(=O)(=O)c4ccccc4)nc3C)c(Br)c2c1. The van der Waals surface area contributed by atoms with Crippen molar-refractivity contribution in [1.29, 1.82) is 0 Å². The molecule has 4 aromatic rings. The highest BCUT2D eigenvalue weighted by Crippen LogP contribution is 2.29.